The summed E-state index contributed by atoms with van der Waals surface area (Å²) in [5, 5.41) is 5.94. The van der Waals surface area contributed by atoms with E-state index in [0.717, 1.165) is 0 Å². The van der Waals surface area contributed by atoms with Gasteiger partial charge in [0.1, 0.15) is 22.8 Å². The molecule has 5 rings (SSSR count). The number of piperidine rings is 2. The summed E-state index contributed by atoms with van der Waals surface area (Å²) in [6, 6.07) is 0.673. The number of rotatable bonds is 6. The molecule has 4 unspecified atom stereocenters. The van der Waals surface area contributed by atoms with Crippen LogP contribution in [0.5, 0.6) is 0 Å². The van der Waals surface area contributed by atoms with Crippen LogP contribution in [0, 0.1) is 16.6 Å². The number of carbonyl (C=O) groups is 4. The quantitative estimate of drug-likeness (QED) is 0.416. The molecular formula is C24H27F3N5O6+. The fraction of sp³-hybridized carbons (Fsp3) is 0.583. The Labute approximate surface area is 215 Å². The Balaban J connectivity index is 1.16. The number of ether oxygens (including phenoxy) is 1. The number of nitroso groups, excluding NO2 is 1. The molecule has 4 heterocycles. The van der Waals surface area contributed by atoms with Crippen molar-refractivity contribution < 1.29 is 42.0 Å². The molecule has 0 spiro atoms. The van der Waals surface area contributed by atoms with Crippen molar-refractivity contribution in [2.24, 2.45) is 5.92 Å². The van der Waals surface area contributed by atoms with Gasteiger partial charge in [0.25, 0.3) is 11.9 Å². The fourth-order valence-corrected chi connectivity index (χ4v) is 5.79. The summed E-state index contributed by atoms with van der Waals surface area (Å²) in [7, 11) is 0. The van der Waals surface area contributed by atoms with Crippen LogP contribution < -0.4 is 10.6 Å². The third-order valence-corrected chi connectivity index (χ3v) is 7.74. The van der Waals surface area contributed by atoms with Gasteiger partial charge in [0.2, 0.25) is 18.2 Å². The second-order valence-electron chi connectivity index (χ2n) is 9.99. The van der Waals surface area contributed by atoms with Crippen LogP contribution in [0.3, 0.4) is 0 Å². The van der Waals surface area contributed by atoms with E-state index in [9.17, 15) is 32.9 Å². The molecule has 4 aliphatic heterocycles. The summed E-state index contributed by atoms with van der Waals surface area (Å²) in [6.07, 6.45) is -2.27. The topological polar surface area (TPSA) is 128 Å². The van der Waals surface area contributed by atoms with Crippen LogP contribution in [0.15, 0.2) is 12.1 Å². The first kappa shape index (κ1) is 25.9. The molecular weight excluding hydrogens is 511 g/mol. The zero-order valence-electron chi connectivity index (χ0n) is 20.3. The highest BCUT2D eigenvalue weighted by Gasteiger charge is 2.54. The average Bonchev–Trinajstić information content (AvgIpc) is 3.39. The van der Waals surface area contributed by atoms with Crippen LogP contribution in [0.25, 0.3) is 0 Å². The van der Waals surface area contributed by atoms with Gasteiger partial charge in [-0.05, 0) is 24.8 Å². The van der Waals surface area contributed by atoms with Crippen LogP contribution in [0.4, 0.5) is 18.0 Å². The lowest BCUT2D eigenvalue weighted by molar-refractivity contribution is -0.719. The molecule has 2 N–H and O–H groups in total. The SMILES string of the molecule is O=C1CCC(N2Cc3ccc(CNC(=O)OCC4CC5C(C(F)F)CCCN5[N+]4=O)c(F)c3C2=O)C(=O)N1. The van der Waals surface area contributed by atoms with Gasteiger partial charge >= 0.3 is 6.09 Å². The van der Waals surface area contributed by atoms with Gasteiger partial charge in [-0.25, -0.2) is 18.0 Å². The summed E-state index contributed by atoms with van der Waals surface area (Å²) in [4.78, 5) is 63.1. The third-order valence-electron chi connectivity index (χ3n) is 7.74. The van der Waals surface area contributed by atoms with Crippen molar-refractivity contribution in [3.8, 4) is 0 Å². The standard InChI is InChI=1S/C24H26F3N5O6/c25-20-12(3-4-13-10-30(23(35)19(13)20)16-5-6-18(33)29-22(16)34)9-28-24(36)38-11-14-8-17-15(21(26)27)2-1-7-31(17)32(14)37/h3-4,14-17,21H,1-2,5-11H2,(H-,28,29,33,34,36)/p+1. The minimum Gasteiger partial charge on any atom is -0.442 e. The molecule has 14 heteroatoms. The Morgan fingerprint density at radius 3 is 2.76 bits per heavy atom. The van der Waals surface area contributed by atoms with E-state index in [1.807, 2.05) is 0 Å². The molecule has 4 aliphatic rings. The number of nitrogens with zero attached hydrogens (tertiary/aromatic N) is 3. The Bertz CT molecular complexity index is 1200. The molecule has 11 nitrogen and oxygen atoms in total. The van der Waals surface area contributed by atoms with Crippen molar-refractivity contribution in [1.82, 2.24) is 20.5 Å². The summed E-state index contributed by atoms with van der Waals surface area (Å²) < 4.78 is 47.0. The molecule has 0 radical (unpaired) electrons. The molecule has 0 aromatic heterocycles. The second-order valence-corrected chi connectivity index (χ2v) is 9.99. The van der Waals surface area contributed by atoms with Crippen LogP contribution in [-0.4, -0.2) is 76.3 Å². The third kappa shape index (κ3) is 4.67. The van der Waals surface area contributed by atoms with Gasteiger partial charge < -0.3 is 15.0 Å². The number of halogens is 3. The molecule has 1 aromatic carbocycles. The second kappa shape index (κ2) is 10.2. The Kier molecular flexibility index (Phi) is 6.97. The average molecular weight is 539 g/mol. The summed E-state index contributed by atoms with van der Waals surface area (Å²) in [6.45, 7) is -0.232. The van der Waals surface area contributed by atoms with Gasteiger partial charge in [0, 0.05) is 37.4 Å². The number of benzene rings is 1. The number of hydrazine groups is 1. The van der Waals surface area contributed by atoms with E-state index in [1.54, 1.807) is 0 Å². The lowest BCUT2D eigenvalue weighted by Gasteiger charge is -2.30. The number of alkyl carbamates (subject to hydrolysis) is 1. The maximum absolute atomic E-state index is 15.2. The van der Waals surface area contributed by atoms with Crippen molar-refractivity contribution in [1.29, 1.82) is 0 Å². The zero-order chi connectivity index (χ0) is 27.1. The normalized spacial score (nSPS) is 26.9. The number of imide groups is 1. The van der Waals surface area contributed by atoms with Gasteiger partial charge in [-0.15, -0.1) is 5.01 Å². The predicted octanol–water partition coefficient (Wildman–Crippen LogP) is 1.62. The van der Waals surface area contributed by atoms with Crippen molar-refractivity contribution in [3.63, 3.8) is 0 Å². The molecule has 0 aliphatic carbocycles. The van der Waals surface area contributed by atoms with Crippen molar-refractivity contribution in [2.75, 3.05) is 13.2 Å². The van der Waals surface area contributed by atoms with Gasteiger partial charge in [-0.2, -0.15) is 0 Å². The number of nitrogens with one attached hydrogen (secondary N) is 2. The minimum atomic E-state index is -2.54. The summed E-state index contributed by atoms with van der Waals surface area (Å²) >= 11 is 0. The molecule has 4 amide bonds. The van der Waals surface area contributed by atoms with Crippen LogP contribution in [0.1, 0.15) is 53.6 Å². The highest BCUT2D eigenvalue weighted by molar-refractivity contribution is 6.05. The monoisotopic (exact) mass is 538 g/mol. The maximum Gasteiger partial charge on any atom is 0.407 e. The lowest BCUT2D eigenvalue weighted by atomic mass is 9.88. The van der Waals surface area contributed by atoms with Gasteiger partial charge in [0.15, 0.2) is 6.61 Å². The molecule has 3 saturated heterocycles. The first-order valence-corrected chi connectivity index (χ1v) is 12.5. The fourth-order valence-electron chi connectivity index (χ4n) is 5.79. The predicted molar refractivity (Wildman–Crippen MR) is 122 cm³/mol. The minimum absolute atomic E-state index is 0.0161. The molecule has 3 fully saturated rings. The molecule has 4 atom stereocenters. The summed E-state index contributed by atoms with van der Waals surface area (Å²) in [5.41, 5.74) is 0.210. The molecule has 0 saturated carbocycles. The molecule has 204 valence electrons. The maximum atomic E-state index is 15.2. The highest BCUT2D eigenvalue weighted by atomic mass is 19.3. The summed E-state index contributed by atoms with van der Waals surface area (Å²) in [5.74, 6) is -3.45. The van der Waals surface area contributed by atoms with E-state index in [4.69, 9.17) is 4.74 Å². The van der Waals surface area contributed by atoms with E-state index in [-0.39, 0.29) is 50.1 Å². The van der Waals surface area contributed by atoms with Gasteiger partial charge in [-0.3, -0.25) is 19.7 Å². The molecule has 0 bridgehead atoms. The first-order chi connectivity index (χ1) is 18.2. The number of hydrogen-bond acceptors (Lipinski definition) is 6. The highest BCUT2D eigenvalue weighted by Crippen LogP contribution is 2.36. The largest absolute Gasteiger partial charge is 0.442 e. The Morgan fingerprint density at radius 1 is 1.24 bits per heavy atom. The molecule has 1 aromatic rings. The van der Waals surface area contributed by atoms with Gasteiger partial charge in [0.05, 0.1) is 17.0 Å². The smallest absolute Gasteiger partial charge is 0.407 e. The van der Waals surface area contributed by atoms with Crippen molar-refractivity contribution in [2.45, 2.75) is 69.7 Å². The van der Waals surface area contributed by atoms with E-state index in [2.05, 4.69) is 10.6 Å². The number of hydrogen-bond donors (Lipinski definition) is 2. The number of amides is 4. The Morgan fingerprint density at radius 2 is 2.03 bits per heavy atom. The number of alkyl halides is 2. The van der Waals surface area contributed by atoms with Crippen molar-refractivity contribution >= 4 is 23.8 Å². The van der Waals surface area contributed by atoms with E-state index < -0.39 is 60.1 Å². The zero-order valence-corrected chi connectivity index (χ0v) is 20.3. The van der Waals surface area contributed by atoms with E-state index >= 15 is 4.39 Å². The lowest BCUT2D eigenvalue weighted by Crippen LogP contribution is -2.52. The number of carbonyl (C=O) groups excluding carboxylic acids is 4. The van der Waals surface area contributed by atoms with Crippen LogP contribution >= 0.6 is 0 Å². The van der Waals surface area contributed by atoms with Crippen molar-refractivity contribution in [3.05, 3.63) is 39.5 Å². The van der Waals surface area contributed by atoms with Gasteiger partial charge in [-0.1, -0.05) is 12.1 Å². The Hall–Kier alpha value is -3.71. The van der Waals surface area contributed by atoms with E-state index in [1.165, 1.54) is 22.0 Å². The first-order valence-electron chi connectivity index (χ1n) is 12.5. The number of fused-ring (bicyclic) bond motifs is 2. The van der Waals surface area contributed by atoms with Crippen LogP contribution in [-0.2, 0) is 27.4 Å². The van der Waals surface area contributed by atoms with Crippen LogP contribution in [0.2, 0.25) is 0 Å². The van der Waals surface area contributed by atoms with E-state index in [0.29, 0.717) is 29.8 Å². The molecule has 38 heavy (non-hydrogen) atoms.